The van der Waals surface area contributed by atoms with Crippen LogP contribution in [0.5, 0.6) is 0 Å². The van der Waals surface area contributed by atoms with Gasteiger partial charge >= 0.3 is 0 Å². The summed E-state index contributed by atoms with van der Waals surface area (Å²) in [6, 6.07) is 8.74. The van der Waals surface area contributed by atoms with E-state index in [0.29, 0.717) is 5.88 Å². The third kappa shape index (κ3) is 3.03. The Morgan fingerprint density at radius 1 is 1.19 bits per heavy atom. The van der Waals surface area contributed by atoms with Crippen molar-refractivity contribution >= 4 is 11.6 Å². The van der Waals surface area contributed by atoms with Gasteiger partial charge in [0, 0.05) is 17.9 Å². The van der Waals surface area contributed by atoms with Gasteiger partial charge in [-0.1, -0.05) is 30.4 Å². The second-order valence-corrected chi connectivity index (χ2v) is 4.72. The summed E-state index contributed by atoms with van der Waals surface area (Å²) in [6.07, 6.45) is 5.99. The molecule has 1 heteroatoms. The second-order valence-electron chi connectivity index (χ2n) is 4.34. The molecule has 0 aromatic heterocycles. The van der Waals surface area contributed by atoms with Crippen molar-refractivity contribution in [1.29, 1.82) is 0 Å². The summed E-state index contributed by atoms with van der Waals surface area (Å²) in [5.41, 5.74) is 2.61. The molecule has 0 radical (unpaired) electrons. The number of halogens is 1. The standard InChI is InChI=1S/C15H17Cl/c16-12-3-1-2-5-13-8-10-15(11-9-13)14-6-4-7-14/h8-11,14H,1,3-4,6-7,12H2. The van der Waals surface area contributed by atoms with Crippen LogP contribution in [-0.4, -0.2) is 5.88 Å². The Kier molecular flexibility index (Phi) is 4.31. The first kappa shape index (κ1) is 11.6. The Balaban J connectivity index is 1.92. The smallest absolute Gasteiger partial charge is 0.0245 e. The fraction of sp³-hybridized carbons (Fsp3) is 0.467. The van der Waals surface area contributed by atoms with E-state index in [-0.39, 0.29) is 0 Å². The highest BCUT2D eigenvalue weighted by Crippen LogP contribution is 2.36. The zero-order valence-corrected chi connectivity index (χ0v) is 10.3. The van der Waals surface area contributed by atoms with Crippen molar-refractivity contribution in [2.45, 2.75) is 38.0 Å². The SMILES string of the molecule is ClCCCC#Cc1ccc(C2CCC2)cc1. The van der Waals surface area contributed by atoms with Gasteiger partial charge in [-0.25, -0.2) is 0 Å². The molecule has 2 rings (SSSR count). The molecule has 0 heterocycles. The van der Waals surface area contributed by atoms with Gasteiger partial charge < -0.3 is 0 Å². The molecule has 0 amide bonds. The quantitative estimate of drug-likeness (QED) is 0.414. The van der Waals surface area contributed by atoms with Crippen LogP contribution in [0.3, 0.4) is 0 Å². The average molecular weight is 233 g/mol. The lowest BCUT2D eigenvalue weighted by Crippen LogP contribution is -2.08. The molecule has 1 aliphatic rings. The van der Waals surface area contributed by atoms with Crippen molar-refractivity contribution in [2.24, 2.45) is 0 Å². The molecule has 1 aromatic carbocycles. The Labute approximate surface area is 103 Å². The normalized spacial score (nSPS) is 15.1. The Hall–Kier alpha value is -0.930. The first-order chi connectivity index (χ1) is 7.90. The lowest BCUT2D eigenvalue weighted by atomic mass is 9.80. The van der Waals surface area contributed by atoms with E-state index >= 15 is 0 Å². The first-order valence-corrected chi connectivity index (χ1v) is 6.58. The highest BCUT2D eigenvalue weighted by Gasteiger charge is 2.18. The van der Waals surface area contributed by atoms with E-state index in [1.165, 1.54) is 24.8 Å². The van der Waals surface area contributed by atoms with Crippen LogP contribution in [0.1, 0.15) is 49.1 Å². The van der Waals surface area contributed by atoms with Crippen LogP contribution >= 0.6 is 11.6 Å². The molecular formula is C15H17Cl. The van der Waals surface area contributed by atoms with E-state index in [2.05, 4.69) is 36.1 Å². The van der Waals surface area contributed by atoms with Gasteiger partial charge in [-0.15, -0.1) is 11.6 Å². The summed E-state index contributed by atoms with van der Waals surface area (Å²) in [6.45, 7) is 0. The van der Waals surface area contributed by atoms with Crippen molar-refractivity contribution in [2.75, 3.05) is 5.88 Å². The minimum atomic E-state index is 0.704. The summed E-state index contributed by atoms with van der Waals surface area (Å²) >= 11 is 5.59. The molecule has 1 aromatic rings. The lowest BCUT2D eigenvalue weighted by molar-refractivity contribution is 0.420. The zero-order valence-electron chi connectivity index (χ0n) is 9.51. The van der Waals surface area contributed by atoms with E-state index in [1.807, 2.05) is 0 Å². The average Bonchev–Trinajstić information content (AvgIpc) is 2.24. The molecule has 0 saturated heterocycles. The van der Waals surface area contributed by atoms with Gasteiger partial charge in [0.25, 0.3) is 0 Å². The molecule has 1 aliphatic carbocycles. The number of benzene rings is 1. The maximum atomic E-state index is 5.59. The number of alkyl halides is 1. The summed E-state index contributed by atoms with van der Waals surface area (Å²) in [5, 5.41) is 0. The fourth-order valence-electron chi connectivity index (χ4n) is 1.90. The van der Waals surface area contributed by atoms with Gasteiger partial charge in [0.1, 0.15) is 0 Å². The van der Waals surface area contributed by atoms with Crippen LogP contribution in [0.15, 0.2) is 24.3 Å². The molecule has 16 heavy (non-hydrogen) atoms. The molecule has 84 valence electrons. The van der Waals surface area contributed by atoms with Gasteiger partial charge in [0.15, 0.2) is 0 Å². The number of hydrogen-bond acceptors (Lipinski definition) is 0. The Morgan fingerprint density at radius 3 is 2.50 bits per heavy atom. The summed E-state index contributed by atoms with van der Waals surface area (Å²) < 4.78 is 0. The van der Waals surface area contributed by atoms with Crippen LogP contribution in [0.25, 0.3) is 0 Å². The van der Waals surface area contributed by atoms with Crippen molar-refractivity contribution in [3.05, 3.63) is 35.4 Å². The topological polar surface area (TPSA) is 0 Å². The maximum Gasteiger partial charge on any atom is 0.0245 e. The van der Waals surface area contributed by atoms with Crippen molar-refractivity contribution in [3.63, 3.8) is 0 Å². The third-order valence-corrected chi connectivity index (χ3v) is 3.42. The van der Waals surface area contributed by atoms with Crippen LogP contribution in [0.4, 0.5) is 0 Å². The van der Waals surface area contributed by atoms with Gasteiger partial charge in [0.2, 0.25) is 0 Å². The maximum absolute atomic E-state index is 5.59. The molecule has 0 nitrogen and oxygen atoms in total. The van der Waals surface area contributed by atoms with Crippen LogP contribution in [0, 0.1) is 11.8 Å². The monoisotopic (exact) mass is 232 g/mol. The van der Waals surface area contributed by atoms with Gasteiger partial charge in [-0.3, -0.25) is 0 Å². The van der Waals surface area contributed by atoms with Crippen LogP contribution in [0.2, 0.25) is 0 Å². The largest absolute Gasteiger partial charge is 0.127 e. The van der Waals surface area contributed by atoms with Crippen molar-refractivity contribution in [3.8, 4) is 11.8 Å². The second kappa shape index (κ2) is 5.97. The number of rotatable bonds is 3. The minimum absolute atomic E-state index is 0.704. The third-order valence-electron chi connectivity index (χ3n) is 3.16. The molecular weight excluding hydrogens is 216 g/mol. The Morgan fingerprint density at radius 2 is 1.94 bits per heavy atom. The molecule has 1 fully saturated rings. The molecule has 1 saturated carbocycles. The van der Waals surface area contributed by atoms with E-state index < -0.39 is 0 Å². The van der Waals surface area contributed by atoms with E-state index in [1.54, 1.807) is 0 Å². The molecule has 0 N–H and O–H groups in total. The highest BCUT2D eigenvalue weighted by molar-refractivity contribution is 6.17. The molecule has 0 unspecified atom stereocenters. The van der Waals surface area contributed by atoms with E-state index in [0.717, 1.165) is 24.3 Å². The summed E-state index contributed by atoms with van der Waals surface area (Å²) in [7, 11) is 0. The van der Waals surface area contributed by atoms with Gasteiger partial charge in [-0.2, -0.15) is 0 Å². The van der Waals surface area contributed by atoms with Crippen LogP contribution < -0.4 is 0 Å². The molecule has 0 atom stereocenters. The van der Waals surface area contributed by atoms with Crippen molar-refractivity contribution in [1.82, 2.24) is 0 Å². The summed E-state index contributed by atoms with van der Waals surface area (Å²) in [4.78, 5) is 0. The highest BCUT2D eigenvalue weighted by atomic mass is 35.5. The Bertz CT molecular complexity index is 376. The number of hydrogen-bond donors (Lipinski definition) is 0. The molecule has 0 aliphatic heterocycles. The predicted molar refractivity (Wildman–Crippen MR) is 69.9 cm³/mol. The van der Waals surface area contributed by atoms with Crippen LogP contribution in [-0.2, 0) is 0 Å². The van der Waals surface area contributed by atoms with E-state index in [9.17, 15) is 0 Å². The number of unbranched alkanes of at least 4 members (excludes halogenated alkanes) is 1. The molecule has 0 spiro atoms. The summed E-state index contributed by atoms with van der Waals surface area (Å²) in [5.74, 6) is 7.84. The van der Waals surface area contributed by atoms with Gasteiger partial charge in [0.05, 0.1) is 0 Å². The molecule has 0 bridgehead atoms. The van der Waals surface area contributed by atoms with Crippen molar-refractivity contribution < 1.29 is 0 Å². The predicted octanol–water partition coefficient (Wildman–Crippen LogP) is 4.32. The fourth-order valence-corrected chi connectivity index (χ4v) is 2.03. The first-order valence-electron chi connectivity index (χ1n) is 6.05. The minimum Gasteiger partial charge on any atom is -0.127 e. The van der Waals surface area contributed by atoms with Gasteiger partial charge in [-0.05, 0) is 42.9 Å². The van der Waals surface area contributed by atoms with E-state index in [4.69, 9.17) is 11.6 Å². The zero-order chi connectivity index (χ0) is 11.2. The lowest BCUT2D eigenvalue weighted by Gasteiger charge is -2.25.